The summed E-state index contributed by atoms with van der Waals surface area (Å²) in [7, 11) is 0. The van der Waals surface area contributed by atoms with E-state index in [-0.39, 0.29) is 5.56 Å². The van der Waals surface area contributed by atoms with Gasteiger partial charge in [0.15, 0.2) is 0 Å². The number of pyridine rings is 1. The number of nitrogens with two attached hydrogens (primary N) is 1. The van der Waals surface area contributed by atoms with E-state index in [1.807, 2.05) is 6.92 Å². The first kappa shape index (κ1) is 11.5. The Morgan fingerprint density at radius 2 is 2.33 bits per heavy atom. The molecule has 18 heavy (non-hydrogen) atoms. The molecule has 0 amide bonds. The van der Waals surface area contributed by atoms with Gasteiger partial charge in [-0.1, -0.05) is 18.2 Å². The molecule has 1 heterocycles. The van der Waals surface area contributed by atoms with Crippen LogP contribution in [0.4, 0.5) is 0 Å². The number of aromatic amines is 1. The molecule has 3 heteroatoms. The van der Waals surface area contributed by atoms with Crippen LogP contribution in [0, 0.1) is 12.8 Å². The number of nitrogens with one attached hydrogen (secondary N) is 1. The maximum atomic E-state index is 11.6. The normalized spacial score (nSPS) is 31.5. The van der Waals surface area contributed by atoms with E-state index < -0.39 is 5.54 Å². The zero-order valence-electron chi connectivity index (χ0n) is 10.8. The van der Waals surface area contributed by atoms with Crippen LogP contribution in [0.5, 0.6) is 0 Å². The summed E-state index contributed by atoms with van der Waals surface area (Å²) in [6.07, 6.45) is 8.18. The SMILES string of the molecule is CC=C1C2C=CCC1(N)c1c(C)cc(=O)[nH]c1C2. The molecule has 94 valence electrons. The van der Waals surface area contributed by atoms with E-state index in [1.54, 1.807) is 6.07 Å². The van der Waals surface area contributed by atoms with Crippen LogP contribution in [0.3, 0.4) is 0 Å². The Labute approximate surface area is 106 Å². The molecule has 0 radical (unpaired) electrons. The molecule has 3 nitrogen and oxygen atoms in total. The smallest absolute Gasteiger partial charge is 0.248 e. The van der Waals surface area contributed by atoms with Gasteiger partial charge in [-0.15, -0.1) is 0 Å². The molecule has 0 aliphatic heterocycles. The number of fused-ring (bicyclic) bond motifs is 4. The molecule has 2 aliphatic carbocycles. The average molecular weight is 242 g/mol. The van der Waals surface area contributed by atoms with Crippen molar-refractivity contribution < 1.29 is 0 Å². The van der Waals surface area contributed by atoms with E-state index in [9.17, 15) is 4.79 Å². The number of aromatic nitrogens is 1. The van der Waals surface area contributed by atoms with Crippen molar-refractivity contribution >= 4 is 0 Å². The first-order valence-corrected chi connectivity index (χ1v) is 6.42. The summed E-state index contributed by atoms with van der Waals surface area (Å²) in [5, 5.41) is 0. The first-order valence-electron chi connectivity index (χ1n) is 6.42. The van der Waals surface area contributed by atoms with Gasteiger partial charge in [-0.25, -0.2) is 0 Å². The summed E-state index contributed by atoms with van der Waals surface area (Å²) in [4.78, 5) is 14.6. The molecule has 2 atom stereocenters. The van der Waals surface area contributed by atoms with Crippen molar-refractivity contribution in [3.8, 4) is 0 Å². The summed E-state index contributed by atoms with van der Waals surface area (Å²) in [5.74, 6) is 0.332. The van der Waals surface area contributed by atoms with E-state index in [2.05, 4.69) is 30.1 Å². The lowest BCUT2D eigenvalue weighted by Crippen LogP contribution is -2.48. The lowest BCUT2D eigenvalue weighted by molar-refractivity contribution is 0.419. The highest BCUT2D eigenvalue weighted by molar-refractivity contribution is 5.50. The summed E-state index contributed by atoms with van der Waals surface area (Å²) < 4.78 is 0. The Hall–Kier alpha value is -1.61. The topological polar surface area (TPSA) is 58.9 Å². The fourth-order valence-corrected chi connectivity index (χ4v) is 3.61. The van der Waals surface area contributed by atoms with E-state index in [1.165, 1.54) is 5.57 Å². The van der Waals surface area contributed by atoms with E-state index >= 15 is 0 Å². The molecule has 2 unspecified atom stereocenters. The second-order valence-electron chi connectivity index (χ2n) is 5.33. The van der Waals surface area contributed by atoms with Gasteiger partial charge in [-0.2, -0.15) is 0 Å². The minimum Gasteiger partial charge on any atom is -0.326 e. The van der Waals surface area contributed by atoms with Crippen molar-refractivity contribution in [2.45, 2.75) is 32.2 Å². The molecule has 0 saturated carbocycles. The largest absolute Gasteiger partial charge is 0.326 e. The van der Waals surface area contributed by atoms with Crippen molar-refractivity contribution in [1.29, 1.82) is 0 Å². The van der Waals surface area contributed by atoms with Gasteiger partial charge in [-0.3, -0.25) is 4.79 Å². The molecular formula is C15H18N2O. The lowest BCUT2D eigenvalue weighted by atomic mass is 9.64. The lowest BCUT2D eigenvalue weighted by Gasteiger charge is -2.44. The predicted molar refractivity (Wildman–Crippen MR) is 72.4 cm³/mol. The van der Waals surface area contributed by atoms with E-state index in [0.29, 0.717) is 5.92 Å². The number of aryl methyl sites for hydroxylation is 1. The van der Waals surface area contributed by atoms with Crippen molar-refractivity contribution in [1.82, 2.24) is 4.98 Å². The van der Waals surface area contributed by atoms with E-state index in [4.69, 9.17) is 5.73 Å². The van der Waals surface area contributed by atoms with Gasteiger partial charge in [0.1, 0.15) is 0 Å². The van der Waals surface area contributed by atoms with Crippen molar-refractivity contribution in [3.63, 3.8) is 0 Å². The van der Waals surface area contributed by atoms with Gasteiger partial charge in [-0.05, 0) is 43.4 Å². The molecule has 0 spiro atoms. The van der Waals surface area contributed by atoms with Gasteiger partial charge in [0, 0.05) is 17.7 Å². The van der Waals surface area contributed by atoms with Crippen LogP contribution in [-0.4, -0.2) is 4.98 Å². The zero-order valence-corrected chi connectivity index (χ0v) is 10.8. The Morgan fingerprint density at radius 3 is 3.06 bits per heavy atom. The minimum atomic E-state index is -0.434. The predicted octanol–water partition coefficient (Wildman–Crippen LogP) is 1.92. The van der Waals surface area contributed by atoms with Crippen LogP contribution in [0.1, 0.15) is 30.2 Å². The van der Waals surface area contributed by atoms with Crippen LogP contribution in [0.25, 0.3) is 0 Å². The monoisotopic (exact) mass is 242 g/mol. The molecule has 1 aromatic heterocycles. The zero-order chi connectivity index (χ0) is 12.9. The summed E-state index contributed by atoms with van der Waals surface area (Å²) in [6.45, 7) is 4.03. The van der Waals surface area contributed by atoms with Gasteiger partial charge in [0.05, 0.1) is 5.54 Å². The van der Waals surface area contributed by atoms with Crippen LogP contribution < -0.4 is 11.3 Å². The molecule has 0 fully saturated rings. The molecule has 0 saturated heterocycles. The number of allylic oxidation sites excluding steroid dienone is 2. The Balaban J connectivity index is 2.34. The first-order chi connectivity index (χ1) is 8.56. The Morgan fingerprint density at radius 1 is 1.56 bits per heavy atom. The summed E-state index contributed by atoms with van der Waals surface area (Å²) >= 11 is 0. The minimum absolute atomic E-state index is 0.0270. The maximum Gasteiger partial charge on any atom is 0.248 e. The molecule has 3 N–H and O–H groups in total. The third-order valence-corrected chi connectivity index (χ3v) is 4.22. The number of hydrogen-bond acceptors (Lipinski definition) is 2. The highest BCUT2D eigenvalue weighted by Gasteiger charge is 2.43. The molecule has 2 aliphatic rings. The van der Waals surface area contributed by atoms with E-state index in [0.717, 1.165) is 29.7 Å². The number of hydrogen-bond donors (Lipinski definition) is 2. The van der Waals surface area contributed by atoms with Crippen LogP contribution in [0.2, 0.25) is 0 Å². The number of H-pyrrole nitrogens is 1. The van der Waals surface area contributed by atoms with Crippen LogP contribution in [0.15, 0.2) is 34.7 Å². The Kier molecular flexibility index (Phi) is 2.35. The van der Waals surface area contributed by atoms with Gasteiger partial charge in [0.25, 0.3) is 0 Å². The van der Waals surface area contributed by atoms with Gasteiger partial charge in [0.2, 0.25) is 5.56 Å². The van der Waals surface area contributed by atoms with Crippen LogP contribution >= 0.6 is 0 Å². The standard InChI is InChI=1S/C15H18N2O/c1-3-11-10-5-4-6-15(11,16)14-9(2)7-13(18)17-12(14)8-10/h3-5,7,10H,6,8,16H2,1-2H3,(H,17,18). The third kappa shape index (κ3) is 1.37. The second-order valence-corrected chi connectivity index (χ2v) is 5.33. The highest BCUT2D eigenvalue weighted by Crippen LogP contribution is 2.46. The Bertz CT molecular complexity index is 624. The molecule has 0 aromatic carbocycles. The summed E-state index contributed by atoms with van der Waals surface area (Å²) in [5.41, 5.74) is 10.6. The number of rotatable bonds is 0. The highest BCUT2D eigenvalue weighted by atomic mass is 16.1. The van der Waals surface area contributed by atoms with Gasteiger partial charge < -0.3 is 10.7 Å². The molecule has 2 bridgehead atoms. The third-order valence-electron chi connectivity index (χ3n) is 4.22. The van der Waals surface area contributed by atoms with Crippen LogP contribution in [-0.2, 0) is 12.0 Å². The maximum absolute atomic E-state index is 11.6. The second kappa shape index (κ2) is 3.69. The fourth-order valence-electron chi connectivity index (χ4n) is 3.61. The van der Waals surface area contributed by atoms with Gasteiger partial charge >= 0.3 is 0 Å². The average Bonchev–Trinajstić information content (AvgIpc) is 2.26. The molecular weight excluding hydrogens is 224 g/mol. The van der Waals surface area contributed by atoms with Crippen molar-refractivity contribution in [3.05, 3.63) is 57.0 Å². The quantitative estimate of drug-likeness (QED) is 0.683. The van der Waals surface area contributed by atoms with Crippen molar-refractivity contribution in [2.75, 3.05) is 0 Å². The molecule has 1 aromatic rings. The summed E-state index contributed by atoms with van der Waals surface area (Å²) in [6, 6.07) is 1.65. The molecule has 3 rings (SSSR count). The fraction of sp³-hybridized carbons (Fsp3) is 0.400. The van der Waals surface area contributed by atoms with Crippen molar-refractivity contribution in [2.24, 2.45) is 11.7 Å².